The first kappa shape index (κ1) is 10.8. The third kappa shape index (κ3) is 1.95. The summed E-state index contributed by atoms with van der Waals surface area (Å²) in [4.78, 5) is 11.1. The standard InChI is InChI=1S/C12H19N5/c13-16-11-7-14-8-12(15-11)17-6-5-9-3-1-2-4-10(9)17/h7-10H,1-6,13H2,(H,15,16). The molecule has 0 amide bonds. The fourth-order valence-electron chi connectivity index (χ4n) is 3.25. The van der Waals surface area contributed by atoms with Crippen LogP contribution in [-0.4, -0.2) is 22.6 Å². The van der Waals surface area contributed by atoms with Gasteiger partial charge in [0.15, 0.2) is 5.82 Å². The zero-order valence-electron chi connectivity index (χ0n) is 9.97. The number of nitrogens with one attached hydrogen (secondary N) is 1. The summed E-state index contributed by atoms with van der Waals surface area (Å²) in [6, 6.07) is 0.672. The molecule has 0 spiro atoms. The molecule has 1 saturated heterocycles. The first-order valence-corrected chi connectivity index (χ1v) is 6.44. The third-order valence-corrected chi connectivity index (χ3v) is 4.07. The van der Waals surface area contributed by atoms with Crippen LogP contribution < -0.4 is 16.2 Å². The van der Waals surface area contributed by atoms with Crippen LogP contribution in [0.3, 0.4) is 0 Å². The Morgan fingerprint density at radius 3 is 3.00 bits per heavy atom. The fourth-order valence-corrected chi connectivity index (χ4v) is 3.25. The van der Waals surface area contributed by atoms with Gasteiger partial charge in [0.25, 0.3) is 0 Å². The van der Waals surface area contributed by atoms with Gasteiger partial charge in [-0.15, -0.1) is 0 Å². The number of hydrazine groups is 1. The van der Waals surface area contributed by atoms with Crippen molar-refractivity contribution in [2.75, 3.05) is 16.9 Å². The van der Waals surface area contributed by atoms with Crippen molar-refractivity contribution in [2.24, 2.45) is 11.8 Å². The van der Waals surface area contributed by atoms with Crippen molar-refractivity contribution in [1.82, 2.24) is 9.97 Å². The molecule has 0 bridgehead atoms. The smallest absolute Gasteiger partial charge is 0.160 e. The summed E-state index contributed by atoms with van der Waals surface area (Å²) in [5.41, 5.74) is 2.56. The third-order valence-electron chi connectivity index (χ3n) is 4.07. The molecule has 2 atom stereocenters. The Labute approximate surface area is 101 Å². The molecule has 2 heterocycles. The number of hydrogen-bond acceptors (Lipinski definition) is 5. The minimum Gasteiger partial charge on any atom is -0.352 e. The van der Waals surface area contributed by atoms with Gasteiger partial charge in [-0.05, 0) is 25.2 Å². The molecule has 2 fully saturated rings. The molecule has 92 valence electrons. The van der Waals surface area contributed by atoms with Gasteiger partial charge in [-0.25, -0.2) is 10.8 Å². The summed E-state index contributed by atoms with van der Waals surface area (Å²) in [5.74, 6) is 7.85. The molecule has 0 aromatic carbocycles. The second-order valence-corrected chi connectivity index (χ2v) is 5.00. The number of nitrogen functional groups attached to an aromatic ring is 1. The highest BCUT2D eigenvalue weighted by Gasteiger charge is 2.36. The maximum atomic E-state index is 5.38. The van der Waals surface area contributed by atoms with Crippen LogP contribution in [0.15, 0.2) is 12.4 Å². The van der Waals surface area contributed by atoms with Gasteiger partial charge >= 0.3 is 0 Å². The molecule has 1 aliphatic heterocycles. The predicted molar refractivity (Wildman–Crippen MR) is 67.6 cm³/mol. The Morgan fingerprint density at radius 1 is 1.24 bits per heavy atom. The van der Waals surface area contributed by atoms with Crippen molar-refractivity contribution in [2.45, 2.75) is 38.1 Å². The van der Waals surface area contributed by atoms with E-state index >= 15 is 0 Å². The van der Waals surface area contributed by atoms with Gasteiger partial charge in [-0.1, -0.05) is 12.8 Å². The fraction of sp³-hybridized carbons (Fsp3) is 0.667. The van der Waals surface area contributed by atoms with E-state index in [1.165, 1.54) is 32.1 Å². The maximum Gasteiger partial charge on any atom is 0.160 e. The minimum absolute atomic E-state index is 0.641. The number of rotatable bonds is 2. The largest absolute Gasteiger partial charge is 0.352 e. The summed E-state index contributed by atoms with van der Waals surface area (Å²) < 4.78 is 0. The highest BCUT2D eigenvalue weighted by molar-refractivity contribution is 5.45. The van der Waals surface area contributed by atoms with E-state index in [2.05, 4.69) is 20.3 Å². The lowest BCUT2D eigenvalue weighted by Gasteiger charge is -2.32. The van der Waals surface area contributed by atoms with Crippen LogP contribution in [-0.2, 0) is 0 Å². The van der Waals surface area contributed by atoms with Crippen molar-refractivity contribution in [3.05, 3.63) is 12.4 Å². The van der Waals surface area contributed by atoms with E-state index in [1.54, 1.807) is 6.20 Å². The Bertz CT molecular complexity index is 394. The summed E-state index contributed by atoms with van der Waals surface area (Å²) >= 11 is 0. The number of nitrogens with zero attached hydrogens (tertiary/aromatic N) is 3. The molecule has 5 nitrogen and oxygen atoms in total. The molecule has 17 heavy (non-hydrogen) atoms. The Balaban J connectivity index is 1.83. The molecule has 0 radical (unpaired) electrons. The molecule has 1 aromatic rings. The zero-order valence-corrected chi connectivity index (χ0v) is 9.97. The SMILES string of the molecule is NNc1cncc(N2CCC3CCCCC32)n1. The normalized spacial score (nSPS) is 27.9. The van der Waals surface area contributed by atoms with Crippen molar-refractivity contribution in [3.63, 3.8) is 0 Å². The summed E-state index contributed by atoms with van der Waals surface area (Å²) in [6.45, 7) is 1.11. The van der Waals surface area contributed by atoms with Crippen LogP contribution in [0, 0.1) is 5.92 Å². The van der Waals surface area contributed by atoms with Crippen LogP contribution in [0.1, 0.15) is 32.1 Å². The number of hydrogen-bond donors (Lipinski definition) is 2. The highest BCUT2D eigenvalue weighted by Crippen LogP contribution is 2.38. The monoisotopic (exact) mass is 233 g/mol. The average Bonchev–Trinajstić information content (AvgIpc) is 2.82. The van der Waals surface area contributed by atoms with Crippen molar-refractivity contribution in [1.29, 1.82) is 0 Å². The van der Waals surface area contributed by atoms with Crippen LogP contribution in [0.2, 0.25) is 0 Å². The molecule has 5 heteroatoms. The molecule has 3 rings (SSSR count). The maximum absolute atomic E-state index is 5.38. The zero-order chi connectivity index (χ0) is 11.7. The summed E-state index contributed by atoms with van der Waals surface area (Å²) in [5, 5.41) is 0. The Hall–Kier alpha value is -1.36. The summed E-state index contributed by atoms with van der Waals surface area (Å²) in [6.07, 6.45) is 10.2. The average molecular weight is 233 g/mol. The van der Waals surface area contributed by atoms with E-state index in [-0.39, 0.29) is 0 Å². The Morgan fingerprint density at radius 2 is 2.12 bits per heavy atom. The number of nitrogens with two attached hydrogens (primary N) is 1. The van der Waals surface area contributed by atoms with Crippen molar-refractivity contribution >= 4 is 11.6 Å². The molecule has 3 N–H and O–H groups in total. The highest BCUT2D eigenvalue weighted by atomic mass is 15.3. The first-order valence-electron chi connectivity index (χ1n) is 6.44. The minimum atomic E-state index is 0.641. The summed E-state index contributed by atoms with van der Waals surface area (Å²) in [7, 11) is 0. The Kier molecular flexibility index (Phi) is 2.84. The molecule has 1 aromatic heterocycles. The number of anilines is 2. The van der Waals surface area contributed by atoms with E-state index in [4.69, 9.17) is 5.84 Å². The van der Waals surface area contributed by atoms with E-state index in [1.807, 2.05) is 6.20 Å². The van der Waals surface area contributed by atoms with Crippen LogP contribution >= 0.6 is 0 Å². The van der Waals surface area contributed by atoms with Gasteiger partial charge in [-0.3, -0.25) is 4.98 Å². The lowest BCUT2D eigenvalue weighted by Crippen LogP contribution is -2.35. The van der Waals surface area contributed by atoms with Gasteiger partial charge in [0.1, 0.15) is 5.82 Å². The lowest BCUT2D eigenvalue weighted by molar-refractivity contribution is 0.341. The second kappa shape index (κ2) is 4.49. The van der Waals surface area contributed by atoms with E-state index in [0.717, 1.165) is 18.3 Å². The van der Waals surface area contributed by atoms with E-state index in [9.17, 15) is 0 Å². The molecule has 1 aliphatic carbocycles. The van der Waals surface area contributed by atoms with Crippen molar-refractivity contribution in [3.8, 4) is 0 Å². The first-order chi connectivity index (χ1) is 8.38. The van der Waals surface area contributed by atoms with Gasteiger partial charge < -0.3 is 10.3 Å². The molecule has 2 unspecified atom stereocenters. The van der Waals surface area contributed by atoms with Crippen LogP contribution in [0.4, 0.5) is 11.6 Å². The predicted octanol–water partition coefficient (Wildman–Crippen LogP) is 1.53. The van der Waals surface area contributed by atoms with Crippen LogP contribution in [0.25, 0.3) is 0 Å². The van der Waals surface area contributed by atoms with Crippen LogP contribution in [0.5, 0.6) is 0 Å². The van der Waals surface area contributed by atoms with Gasteiger partial charge in [-0.2, -0.15) is 0 Å². The number of fused-ring (bicyclic) bond motifs is 1. The van der Waals surface area contributed by atoms with Gasteiger partial charge in [0.2, 0.25) is 0 Å². The second-order valence-electron chi connectivity index (χ2n) is 5.00. The van der Waals surface area contributed by atoms with E-state index in [0.29, 0.717) is 11.9 Å². The molecular formula is C12H19N5. The number of aromatic nitrogens is 2. The molecular weight excluding hydrogens is 214 g/mol. The topological polar surface area (TPSA) is 67.1 Å². The quantitative estimate of drug-likeness (QED) is 0.599. The van der Waals surface area contributed by atoms with Crippen molar-refractivity contribution < 1.29 is 0 Å². The lowest BCUT2D eigenvalue weighted by atomic mass is 9.85. The molecule has 2 aliphatic rings. The van der Waals surface area contributed by atoms with E-state index < -0.39 is 0 Å². The van der Waals surface area contributed by atoms with Gasteiger partial charge in [0, 0.05) is 12.6 Å². The molecule has 1 saturated carbocycles. The van der Waals surface area contributed by atoms with Gasteiger partial charge in [0.05, 0.1) is 12.4 Å².